The van der Waals surface area contributed by atoms with Crippen molar-refractivity contribution >= 4 is 39.3 Å². The molecule has 1 aliphatic heterocycles. The van der Waals surface area contributed by atoms with Crippen LogP contribution in [-0.2, 0) is 19.4 Å². The topological polar surface area (TPSA) is 106 Å². The quantitative estimate of drug-likeness (QED) is 0.354. The van der Waals surface area contributed by atoms with Gasteiger partial charge in [0.15, 0.2) is 9.84 Å². The zero-order valence-corrected chi connectivity index (χ0v) is 24.4. The first-order valence-electron chi connectivity index (χ1n) is 14.1. The second-order valence-electron chi connectivity index (χ2n) is 12.0. The fourth-order valence-corrected chi connectivity index (χ4v) is 10.2. The van der Waals surface area contributed by atoms with Crippen LogP contribution in [0.1, 0.15) is 75.1 Å². The first-order valence-corrected chi connectivity index (χ1v) is 17.0. The number of hydrogen-bond donors (Lipinski definition) is 1. The van der Waals surface area contributed by atoms with Gasteiger partial charge >= 0.3 is 5.97 Å². The van der Waals surface area contributed by atoms with Crippen molar-refractivity contribution in [1.82, 2.24) is 10.3 Å². The fraction of sp³-hybridized carbons (Fsp3) is 0.750. The van der Waals surface area contributed by atoms with Crippen molar-refractivity contribution in [3.63, 3.8) is 0 Å². The standard InChI is InChI=1S/C28H41N3O5S2/c1-4-10-37-27-22(7-8-23(29-27)31-9-5-6-18(17-31)13-24(32)36-2)26(33)30-25-20-11-19-12-21(25)16-28(14-19,15-20)38(3,34)35/h7-8,18-21,25H,4-6,9-17H2,1-3H3,(H,30,33)/t18-,19?,20-,21-,25?,28?/m0/s1. The van der Waals surface area contributed by atoms with Gasteiger partial charge in [0.05, 0.1) is 17.4 Å². The third kappa shape index (κ3) is 5.44. The Balaban J connectivity index is 1.32. The molecule has 0 radical (unpaired) electrons. The third-order valence-corrected chi connectivity index (χ3v) is 12.6. The number of thioether (sulfide) groups is 1. The highest BCUT2D eigenvalue weighted by Crippen LogP contribution is 2.58. The molecule has 4 bridgehead atoms. The van der Waals surface area contributed by atoms with Crippen molar-refractivity contribution in [2.45, 2.75) is 80.5 Å². The molecule has 1 amide bonds. The van der Waals surface area contributed by atoms with Crippen LogP contribution in [0.3, 0.4) is 0 Å². The number of ether oxygens (including phenoxy) is 1. The number of amides is 1. The van der Waals surface area contributed by atoms with Crippen LogP contribution >= 0.6 is 11.8 Å². The number of methoxy groups -OCH3 is 1. The normalized spacial score (nSPS) is 32.3. The van der Waals surface area contributed by atoms with Crippen molar-refractivity contribution in [2.24, 2.45) is 23.7 Å². The van der Waals surface area contributed by atoms with Crippen LogP contribution in [0.4, 0.5) is 5.82 Å². The second kappa shape index (κ2) is 11.0. The van der Waals surface area contributed by atoms with E-state index in [1.165, 1.54) is 13.4 Å². The van der Waals surface area contributed by atoms with Crippen LogP contribution in [0.5, 0.6) is 0 Å². The molecule has 5 fully saturated rings. The average Bonchev–Trinajstić information content (AvgIpc) is 2.88. The minimum atomic E-state index is -3.13. The summed E-state index contributed by atoms with van der Waals surface area (Å²) in [6, 6.07) is 3.85. The number of carbonyl (C=O) groups excluding carboxylic acids is 2. The van der Waals surface area contributed by atoms with Gasteiger partial charge in [-0.1, -0.05) is 6.92 Å². The van der Waals surface area contributed by atoms with Crippen LogP contribution in [0.25, 0.3) is 0 Å². The molecular formula is C28H41N3O5S2. The molecule has 6 rings (SSSR count). The van der Waals surface area contributed by atoms with Crippen LogP contribution in [0.2, 0.25) is 0 Å². The molecule has 1 N–H and O–H groups in total. The highest BCUT2D eigenvalue weighted by Gasteiger charge is 2.59. The number of piperidine rings is 1. The van der Waals surface area contributed by atoms with Crippen LogP contribution in [0, 0.1) is 23.7 Å². The summed E-state index contributed by atoms with van der Waals surface area (Å²) < 4.78 is 29.7. The van der Waals surface area contributed by atoms with Crippen LogP contribution in [0.15, 0.2) is 17.2 Å². The Morgan fingerprint density at radius 1 is 1.21 bits per heavy atom. The number of anilines is 1. The SMILES string of the molecule is CCCSc1nc(N2CCC[C@@H](CC(=O)OC)C2)ccc1C(=O)NC1[C@H]2CC3C[C@H]1CC(S(C)(=O)=O)(C3)C2. The number of nitrogens with one attached hydrogen (secondary N) is 1. The number of esters is 1. The minimum absolute atomic E-state index is 0.0267. The monoisotopic (exact) mass is 563 g/mol. The molecule has 1 aromatic rings. The highest BCUT2D eigenvalue weighted by atomic mass is 32.2. The van der Waals surface area contributed by atoms with E-state index in [2.05, 4.69) is 17.1 Å². The summed E-state index contributed by atoms with van der Waals surface area (Å²) >= 11 is 1.61. The largest absolute Gasteiger partial charge is 0.469 e. The number of nitrogens with zero attached hydrogens (tertiary/aromatic N) is 2. The van der Waals surface area contributed by atoms with Crippen molar-refractivity contribution < 1.29 is 22.7 Å². The van der Waals surface area contributed by atoms with E-state index in [4.69, 9.17) is 9.72 Å². The van der Waals surface area contributed by atoms with Crippen molar-refractivity contribution in [3.05, 3.63) is 17.7 Å². The Morgan fingerprint density at radius 3 is 2.61 bits per heavy atom. The first kappa shape index (κ1) is 27.7. The molecule has 2 heterocycles. The molecule has 4 saturated carbocycles. The molecule has 0 unspecified atom stereocenters. The van der Waals surface area contributed by atoms with Gasteiger partial charge in [-0.15, -0.1) is 11.8 Å². The van der Waals surface area contributed by atoms with E-state index < -0.39 is 14.6 Å². The van der Waals surface area contributed by atoms with Gasteiger partial charge in [0.25, 0.3) is 5.91 Å². The maximum atomic E-state index is 13.6. The number of hydrogen-bond acceptors (Lipinski definition) is 8. The lowest BCUT2D eigenvalue weighted by Gasteiger charge is -2.59. The van der Waals surface area contributed by atoms with E-state index >= 15 is 0 Å². The van der Waals surface area contributed by atoms with Gasteiger partial charge < -0.3 is 15.0 Å². The van der Waals surface area contributed by atoms with Gasteiger partial charge in [-0.2, -0.15) is 0 Å². The number of rotatable bonds is 9. The Kier molecular flexibility index (Phi) is 8.02. The molecule has 1 aromatic heterocycles. The molecule has 4 aliphatic carbocycles. The van der Waals surface area contributed by atoms with Crippen LogP contribution < -0.4 is 10.2 Å². The Morgan fingerprint density at radius 2 is 1.95 bits per heavy atom. The second-order valence-corrected chi connectivity index (χ2v) is 15.5. The maximum Gasteiger partial charge on any atom is 0.305 e. The van der Waals surface area contributed by atoms with E-state index in [1.54, 1.807) is 11.8 Å². The molecule has 210 valence electrons. The summed E-state index contributed by atoms with van der Waals surface area (Å²) in [5.74, 6) is 2.57. The number of sulfone groups is 1. The lowest BCUT2D eigenvalue weighted by atomic mass is 9.53. The van der Waals surface area contributed by atoms with E-state index in [0.29, 0.717) is 30.7 Å². The third-order valence-electron chi connectivity index (χ3n) is 9.36. The van der Waals surface area contributed by atoms with Crippen molar-refractivity contribution in [1.29, 1.82) is 0 Å². The molecule has 8 nitrogen and oxygen atoms in total. The van der Waals surface area contributed by atoms with Gasteiger partial charge in [-0.3, -0.25) is 9.59 Å². The van der Waals surface area contributed by atoms with Gasteiger partial charge in [-0.25, -0.2) is 13.4 Å². The molecule has 0 aromatic carbocycles. The summed E-state index contributed by atoms with van der Waals surface area (Å²) in [6.45, 7) is 3.74. The van der Waals surface area contributed by atoms with E-state index in [-0.39, 0.29) is 35.7 Å². The minimum Gasteiger partial charge on any atom is -0.469 e. The lowest BCUT2D eigenvalue weighted by molar-refractivity contribution is -0.141. The van der Waals surface area contributed by atoms with E-state index in [0.717, 1.165) is 68.2 Å². The van der Waals surface area contributed by atoms with Gasteiger partial charge in [-0.05, 0) is 92.9 Å². The Hall–Kier alpha value is -1.81. The average molecular weight is 564 g/mol. The predicted octanol–water partition coefficient (Wildman–Crippen LogP) is 4.08. The van der Waals surface area contributed by atoms with Gasteiger partial charge in [0, 0.05) is 31.8 Å². The molecule has 38 heavy (non-hydrogen) atoms. The summed E-state index contributed by atoms with van der Waals surface area (Å²) in [5.41, 5.74) is 0.599. The zero-order chi connectivity index (χ0) is 27.1. The molecule has 5 aliphatic rings. The number of aromatic nitrogens is 1. The van der Waals surface area contributed by atoms with E-state index in [9.17, 15) is 18.0 Å². The molecule has 10 heteroatoms. The molecule has 1 saturated heterocycles. The van der Waals surface area contributed by atoms with Crippen molar-refractivity contribution in [2.75, 3.05) is 37.1 Å². The predicted molar refractivity (Wildman–Crippen MR) is 149 cm³/mol. The summed E-state index contributed by atoms with van der Waals surface area (Å²) in [5, 5.41) is 4.09. The summed E-state index contributed by atoms with van der Waals surface area (Å²) in [4.78, 5) is 32.6. The highest BCUT2D eigenvalue weighted by molar-refractivity contribution is 7.99. The zero-order valence-electron chi connectivity index (χ0n) is 22.8. The summed E-state index contributed by atoms with van der Waals surface area (Å²) in [7, 11) is -1.70. The number of pyridine rings is 1. The number of carbonyl (C=O) groups is 2. The summed E-state index contributed by atoms with van der Waals surface area (Å²) in [6.07, 6.45) is 8.92. The smallest absolute Gasteiger partial charge is 0.305 e. The molecular weight excluding hydrogens is 522 g/mol. The van der Waals surface area contributed by atoms with E-state index in [1.807, 2.05) is 12.1 Å². The van der Waals surface area contributed by atoms with Gasteiger partial charge in [0.1, 0.15) is 10.8 Å². The van der Waals surface area contributed by atoms with Crippen molar-refractivity contribution in [3.8, 4) is 0 Å². The Labute approximate surface area is 231 Å². The maximum absolute atomic E-state index is 13.6. The van der Waals surface area contributed by atoms with Crippen LogP contribution in [-0.4, -0.2) is 68.3 Å². The lowest BCUT2D eigenvalue weighted by Crippen LogP contribution is -2.63. The molecule has 0 spiro atoms. The Bertz CT molecular complexity index is 1160. The first-order chi connectivity index (χ1) is 18.1. The van der Waals surface area contributed by atoms with Gasteiger partial charge in [0.2, 0.25) is 0 Å². The molecule has 3 atom stereocenters. The fourth-order valence-electron chi connectivity index (χ4n) is 7.72.